The van der Waals surface area contributed by atoms with Crippen LogP contribution in [-0.4, -0.2) is 29.6 Å². The third-order valence-corrected chi connectivity index (χ3v) is 3.79. The minimum atomic E-state index is -0.176. The van der Waals surface area contributed by atoms with Crippen LogP contribution in [0.1, 0.15) is 23.0 Å². The minimum Gasteiger partial charge on any atom is -0.494 e. The fourth-order valence-corrected chi connectivity index (χ4v) is 2.52. The van der Waals surface area contributed by atoms with Crippen LogP contribution < -0.4 is 4.74 Å². The molecule has 1 aromatic heterocycles. The van der Waals surface area contributed by atoms with E-state index >= 15 is 0 Å². The molecule has 3 aromatic rings. The van der Waals surface area contributed by atoms with Gasteiger partial charge in [-0.05, 0) is 36.8 Å². The quantitative estimate of drug-likeness (QED) is 0.682. The maximum Gasteiger partial charge on any atom is 0.276 e. The van der Waals surface area contributed by atoms with Gasteiger partial charge in [-0.25, -0.2) is 0 Å². The van der Waals surface area contributed by atoms with Crippen LogP contribution in [-0.2, 0) is 6.54 Å². The van der Waals surface area contributed by atoms with E-state index in [1.807, 2.05) is 61.5 Å². The van der Waals surface area contributed by atoms with Crippen molar-refractivity contribution in [1.82, 2.24) is 10.1 Å². The zero-order valence-corrected chi connectivity index (χ0v) is 14.3. The topological polar surface area (TPSA) is 55.6 Å². The van der Waals surface area contributed by atoms with Crippen molar-refractivity contribution in [2.24, 2.45) is 0 Å². The molecule has 0 saturated heterocycles. The van der Waals surface area contributed by atoms with E-state index in [1.54, 1.807) is 18.0 Å². The van der Waals surface area contributed by atoms with Crippen LogP contribution in [0.15, 0.2) is 65.2 Å². The van der Waals surface area contributed by atoms with Crippen LogP contribution in [0.2, 0.25) is 0 Å². The second-order valence-corrected chi connectivity index (χ2v) is 5.68. The number of carbonyl (C=O) groups excluding carboxylic acids is 1. The lowest BCUT2D eigenvalue weighted by Gasteiger charge is -2.15. The molecule has 0 N–H and O–H groups in total. The van der Waals surface area contributed by atoms with Crippen LogP contribution in [0.5, 0.6) is 5.75 Å². The average Bonchev–Trinajstić information content (AvgIpc) is 3.13. The zero-order chi connectivity index (χ0) is 17.6. The highest BCUT2D eigenvalue weighted by molar-refractivity contribution is 5.92. The van der Waals surface area contributed by atoms with Crippen LogP contribution in [0.4, 0.5) is 0 Å². The lowest BCUT2D eigenvalue weighted by Crippen LogP contribution is -2.26. The van der Waals surface area contributed by atoms with Gasteiger partial charge in [0.1, 0.15) is 5.75 Å². The Morgan fingerprint density at radius 3 is 2.52 bits per heavy atom. The molecule has 0 bridgehead atoms. The average molecular weight is 336 g/mol. The van der Waals surface area contributed by atoms with Gasteiger partial charge in [0.25, 0.3) is 5.91 Å². The van der Waals surface area contributed by atoms with E-state index in [0.29, 0.717) is 24.6 Å². The predicted octanol–water partition coefficient (Wildman–Crippen LogP) is 4.01. The van der Waals surface area contributed by atoms with Gasteiger partial charge in [-0.2, -0.15) is 0 Å². The zero-order valence-electron chi connectivity index (χ0n) is 14.3. The number of rotatable bonds is 6. The van der Waals surface area contributed by atoms with Crippen LogP contribution in [0.3, 0.4) is 0 Å². The molecule has 0 aliphatic carbocycles. The Kier molecular flexibility index (Phi) is 5.14. The Labute approximate surface area is 146 Å². The van der Waals surface area contributed by atoms with Crippen molar-refractivity contribution in [3.63, 3.8) is 0 Å². The predicted molar refractivity (Wildman–Crippen MR) is 95.3 cm³/mol. The summed E-state index contributed by atoms with van der Waals surface area (Å²) < 4.78 is 10.8. The number of nitrogens with zero attached hydrogens (tertiary/aromatic N) is 2. The van der Waals surface area contributed by atoms with Crippen molar-refractivity contribution in [2.45, 2.75) is 13.5 Å². The first-order valence-electron chi connectivity index (χ1n) is 8.16. The molecule has 5 heteroatoms. The molecule has 3 rings (SSSR count). The van der Waals surface area contributed by atoms with Crippen molar-refractivity contribution in [2.75, 3.05) is 13.7 Å². The van der Waals surface area contributed by atoms with Crippen molar-refractivity contribution in [1.29, 1.82) is 0 Å². The molecule has 0 fully saturated rings. The molecule has 0 aliphatic heterocycles. The summed E-state index contributed by atoms with van der Waals surface area (Å²) in [5.74, 6) is 1.17. The summed E-state index contributed by atoms with van der Waals surface area (Å²) in [4.78, 5) is 14.1. The van der Waals surface area contributed by atoms with Gasteiger partial charge in [-0.3, -0.25) is 4.79 Å². The van der Waals surface area contributed by atoms with Gasteiger partial charge in [0.05, 0.1) is 6.61 Å². The van der Waals surface area contributed by atoms with E-state index < -0.39 is 0 Å². The number of ether oxygens (including phenoxy) is 1. The largest absolute Gasteiger partial charge is 0.494 e. The Bertz CT molecular complexity index is 826. The Balaban J connectivity index is 1.70. The van der Waals surface area contributed by atoms with Crippen molar-refractivity contribution >= 4 is 5.91 Å². The van der Waals surface area contributed by atoms with Gasteiger partial charge in [-0.1, -0.05) is 35.5 Å². The third kappa shape index (κ3) is 4.07. The summed E-state index contributed by atoms with van der Waals surface area (Å²) in [7, 11) is 1.75. The number of amides is 1. The molecule has 0 radical (unpaired) electrons. The number of hydrogen-bond acceptors (Lipinski definition) is 4. The first-order chi connectivity index (χ1) is 12.2. The van der Waals surface area contributed by atoms with Crippen LogP contribution in [0.25, 0.3) is 11.3 Å². The normalized spacial score (nSPS) is 10.5. The smallest absolute Gasteiger partial charge is 0.276 e. The van der Waals surface area contributed by atoms with E-state index in [1.165, 1.54) is 0 Å². The Morgan fingerprint density at radius 2 is 1.84 bits per heavy atom. The van der Waals surface area contributed by atoms with Gasteiger partial charge in [-0.15, -0.1) is 0 Å². The van der Waals surface area contributed by atoms with E-state index in [4.69, 9.17) is 9.26 Å². The number of aromatic nitrogens is 1. The molecule has 0 unspecified atom stereocenters. The van der Waals surface area contributed by atoms with Gasteiger partial charge in [0, 0.05) is 25.2 Å². The molecule has 1 heterocycles. The van der Waals surface area contributed by atoms with Gasteiger partial charge in [0.15, 0.2) is 11.5 Å². The first kappa shape index (κ1) is 16.8. The van der Waals surface area contributed by atoms with Crippen molar-refractivity contribution < 1.29 is 14.1 Å². The first-order valence-corrected chi connectivity index (χ1v) is 8.16. The molecule has 25 heavy (non-hydrogen) atoms. The second-order valence-electron chi connectivity index (χ2n) is 5.68. The summed E-state index contributed by atoms with van der Waals surface area (Å²) in [5.41, 5.74) is 2.21. The van der Waals surface area contributed by atoms with E-state index in [-0.39, 0.29) is 5.91 Å². The second kappa shape index (κ2) is 7.66. The van der Waals surface area contributed by atoms with Crippen molar-refractivity contribution in [3.05, 3.63) is 71.9 Å². The highest BCUT2D eigenvalue weighted by Crippen LogP contribution is 2.23. The van der Waals surface area contributed by atoms with E-state index in [9.17, 15) is 4.79 Å². The highest BCUT2D eigenvalue weighted by Gasteiger charge is 2.18. The van der Waals surface area contributed by atoms with Gasteiger partial charge in [0.2, 0.25) is 0 Å². The van der Waals surface area contributed by atoms with E-state index in [2.05, 4.69) is 5.16 Å². The third-order valence-electron chi connectivity index (χ3n) is 3.79. The molecule has 128 valence electrons. The summed E-state index contributed by atoms with van der Waals surface area (Å²) in [6.07, 6.45) is 0. The molecule has 2 aromatic carbocycles. The minimum absolute atomic E-state index is 0.176. The SMILES string of the molecule is CCOc1ccc(-c2cc(C(=O)N(C)Cc3ccccc3)no2)cc1. The molecule has 0 atom stereocenters. The summed E-state index contributed by atoms with van der Waals surface area (Å²) in [6, 6.07) is 19.0. The summed E-state index contributed by atoms with van der Waals surface area (Å²) in [5, 5.41) is 3.92. The number of benzene rings is 2. The van der Waals surface area contributed by atoms with Gasteiger partial charge < -0.3 is 14.2 Å². The monoisotopic (exact) mass is 336 g/mol. The number of hydrogen-bond donors (Lipinski definition) is 0. The highest BCUT2D eigenvalue weighted by atomic mass is 16.5. The van der Waals surface area contributed by atoms with Crippen LogP contribution in [0, 0.1) is 0 Å². The molecular formula is C20H20N2O3. The summed E-state index contributed by atoms with van der Waals surface area (Å²) >= 11 is 0. The molecular weight excluding hydrogens is 316 g/mol. The Hall–Kier alpha value is -3.08. The lowest BCUT2D eigenvalue weighted by molar-refractivity contribution is 0.0775. The maximum atomic E-state index is 12.5. The molecule has 5 nitrogen and oxygen atoms in total. The summed E-state index contributed by atoms with van der Waals surface area (Å²) in [6.45, 7) is 3.08. The molecule has 0 saturated carbocycles. The number of carbonyl (C=O) groups is 1. The Morgan fingerprint density at radius 1 is 1.12 bits per heavy atom. The fraction of sp³-hybridized carbons (Fsp3) is 0.200. The lowest BCUT2D eigenvalue weighted by atomic mass is 10.1. The fourth-order valence-electron chi connectivity index (χ4n) is 2.52. The standard InChI is InChI=1S/C20H20N2O3/c1-3-24-17-11-9-16(10-12-17)19-13-18(21-25-19)20(23)22(2)14-15-7-5-4-6-8-15/h4-13H,3,14H2,1-2H3. The van der Waals surface area contributed by atoms with Gasteiger partial charge >= 0.3 is 0 Å². The van der Waals surface area contributed by atoms with Crippen molar-refractivity contribution in [3.8, 4) is 17.1 Å². The molecule has 0 aliphatic rings. The molecule has 1 amide bonds. The molecule has 0 spiro atoms. The maximum absolute atomic E-state index is 12.5. The van der Waals surface area contributed by atoms with Crippen LogP contribution >= 0.6 is 0 Å². The van der Waals surface area contributed by atoms with E-state index in [0.717, 1.165) is 16.9 Å².